The van der Waals surface area contributed by atoms with Gasteiger partial charge in [0.1, 0.15) is 5.60 Å². The van der Waals surface area contributed by atoms with Crippen molar-refractivity contribution in [2.75, 3.05) is 21.1 Å². The van der Waals surface area contributed by atoms with Crippen molar-refractivity contribution in [3.05, 3.63) is 178 Å². The number of hydrogen-bond donors (Lipinski definition) is 6. The van der Waals surface area contributed by atoms with Crippen LogP contribution in [-0.4, -0.2) is 95.4 Å². The predicted octanol–water partition coefficient (Wildman–Crippen LogP) is 4.30. The maximum Gasteiger partial charge on any atom is 0.207 e. The number of ketones is 5. The molecule has 5 aromatic rings. The van der Waals surface area contributed by atoms with E-state index in [1.807, 2.05) is 36.4 Å². The van der Waals surface area contributed by atoms with Crippen molar-refractivity contribution in [1.29, 1.82) is 0 Å². The molecular weight excluding hydrogens is 799 g/mol. The van der Waals surface area contributed by atoms with Crippen LogP contribution in [-0.2, 0) is 44.8 Å². The van der Waals surface area contributed by atoms with Crippen LogP contribution in [0.15, 0.2) is 133 Å². The Bertz CT molecular complexity index is 2420. The zero-order chi connectivity index (χ0) is 46.0. The average Bonchev–Trinajstić information content (AvgIpc) is 3.31. The number of aliphatic hydroxyl groups is 3. The predicted molar refractivity (Wildman–Crippen MR) is 240 cm³/mol. The number of benzene rings is 5. The number of carbonyl (C=O) groups is 6. The van der Waals surface area contributed by atoms with E-state index < -0.39 is 87.0 Å². The van der Waals surface area contributed by atoms with Crippen LogP contribution >= 0.6 is 0 Å². The minimum atomic E-state index is -3.08. The molecule has 0 fully saturated rings. The fraction of sp³-hybridized carbons (Fsp3) is 0.294. The van der Waals surface area contributed by atoms with Crippen molar-refractivity contribution >= 4 is 35.2 Å². The van der Waals surface area contributed by atoms with Crippen molar-refractivity contribution in [2.45, 2.75) is 74.5 Å². The lowest BCUT2D eigenvalue weighted by molar-refractivity contribution is -0.161. The van der Waals surface area contributed by atoms with Gasteiger partial charge in [0.2, 0.25) is 5.78 Å². The Morgan fingerprint density at radius 2 is 0.937 bits per heavy atom. The molecule has 12 nitrogen and oxygen atoms in total. The molecule has 0 saturated carbocycles. The number of nitrogens with one attached hydrogen (secondary N) is 3. The summed E-state index contributed by atoms with van der Waals surface area (Å²) in [5.74, 6) is -4.44. The summed E-state index contributed by atoms with van der Waals surface area (Å²) in [6, 6.07) is 34.4. The van der Waals surface area contributed by atoms with Gasteiger partial charge >= 0.3 is 0 Å². The first-order valence-corrected chi connectivity index (χ1v) is 20.7. The summed E-state index contributed by atoms with van der Waals surface area (Å²) in [6.45, 7) is 2.16. The SMILES string of the molecule is CN[C@@H](Cc1ccccc1)C(=O)CC(O)(C=O)C(=O)C(C)(O)c1cccc(C(=O)C(C)(O)c2ccccc2C(=O)[C@H](Cc2ccccc2)NC)c1C(=O)[C@H](Cc1ccccc1)NC. The van der Waals surface area contributed by atoms with Crippen LogP contribution in [0.5, 0.6) is 0 Å². The molecule has 0 aliphatic rings. The Labute approximate surface area is 367 Å². The first kappa shape index (κ1) is 47.9. The van der Waals surface area contributed by atoms with E-state index in [2.05, 4.69) is 16.0 Å². The summed E-state index contributed by atoms with van der Waals surface area (Å²) in [7, 11) is 4.67. The topological polar surface area (TPSA) is 199 Å². The van der Waals surface area contributed by atoms with Crippen molar-refractivity contribution in [1.82, 2.24) is 16.0 Å². The molecule has 0 amide bonds. The second kappa shape index (κ2) is 20.8. The van der Waals surface area contributed by atoms with Crippen molar-refractivity contribution in [3.63, 3.8) is 0 Å². The number of carbonyl (C=O) groups excluding carboxylic acids is 6. The molecule has 0 aliphatic carbocycles. The van der Waals surface area contributed by atoms with E-state index >= 15 is 0 Å². The quantitative estimate of drug-likeness (QED) is 0.0310. The number of Topliss-reactive ketones (excluding diaryl/α,β-unsaturated/α-hetero) is 5. The molecule has 0 aliphatic heterocycles. The summed E-state index contributed by atoms with van der Waals surface area (Å²) < 4.78 is 0. The van der Waals surface area contributed by atoms with E-state index in [0.717, 1.165) is 23.6 Å². The molecule has 5 rings (SSSR count). The van der Waals surface area contributed by atoms with Gasteiger partial charge in [-0.15, -0.1) is 0 Å². The molecule has 0 bridgehead atoms. The van der Waals surface area contributed by atoms with E-state index in [1.165, 1.54) is 51.4 Å². The first-order chi connectivity index (χ1) is 30.0. The molecule has 328 valence electrons. The molecular formula is C51H55N3O9. The highest BCUT2D eigenvalue weighted by atomic mass is 16.3. The molecule has 5 aromatic carbocycles. The lowest BCUT2D eigenvalue weighted by Crippen LogP contribution is -2.54. The molecule has 6 atom stereocenters. The number of aldehydes is 1. The normalized spacial score (nSPS) is 15.7. The van der Waals surface area contributed by atoms with Crippen molar-refractivity contribution in [3.8, 4) is 0 Å². The van der Waals surface area contributed by atoms with Crippen LogP contribution in [0.25, 0.3) is 0 Å². The zero-order valence-corrected chi connectivity index (χ0v) is 36.1. The Morgan fingerprint density at radius 1 is 0.524 bits per heavy atom. The minimum Gasteiger partial charge on any atom is -0.377 e. The third kappa shape index (κ3) is 10.7. The number of rotatable bonds is 23. The number of likely N-dealkylation sites (N-methyl/N-ethyl adjacent to an activating group) is 3. The van der Waals surface area contributed by atoms with Crippen LogP contribution in [0.4, 0.5) is 0 Å². The molecule has 6 N–H and O–H groups in total. The van der Waals surface area contributed by atoms with Crippen molar-refractivity contribution in [2.24, 2.45) is 0 Å². The largest absolute Gasteiger partial charge is 0.377 e. The summed E-state index contributed by atoms with van der Waals surface area (Å²) in [5, 5.41) is 45.2. The molecule has 63 heavy (non-hydrogen) atoms. The van der Waals surface area contributed by atoms with Gasteiger partial charge in [0.05, 0.1) is 24.5 Å². The third-order valence-electron chi connectivity index (χ3n) is 11.6. The molecule has 3 unspecified atom stereocenters. The summed E-state index contributed by atoms with van der Waals surface area (Å²) in [5.41, 5.74) is -7.42. The Hall–Kier alpha value is -6.12. The number of hydrogen-bond acceptors (Lipinski definition) is 12. The lowest BCUT2D eigenvalue weighted by Gasteiger charge is -2.33. The van der Waals surface area contributed by atoms with Crippen LogP contribution in [0.1, 0.15) is 79.2 Å². The van der Waals surface area contributed by atoms with Gasteiger partial charge in [0.15, 0.2) is 40.6 Å². The van der Waals surface area contributed by atoms with Gasteiger partial charge in [-0.25, -0.2) is 0 Å². The van der Waals surface area contributed by atoms with Crippen LogP contribution in [0, 0.1) is 0 Å². The minimum absolute atomic E-state index is 0.0439. The molecule has 0 saturated heterocycles. The molecule has 0 aromatic heterocycles. The highest BCUT2D eigenvalue weighted by molar-refractivity contribution is 6.17. The maximum absolute atomic E-state index is 15.0. The zero-order valence-electron chi connectivity index (χ0n) is 36.1. The van der Waals surface area contributed by atoms with Crippen LogP contribution in [0.2, 0.25) is 0 Å². The smallest absolute Gasteiger partial charge is 0.207 e. The summed E-state index contributed by atoms with van der Waals surface area (Å²) in [6.07, 6.45) is -0.569. The van der Waals surface area contributed by atoms with Crippen LogP contribution in [0.3, 0.4) is 0 Å². The molecule has 0 heterocycles. The third-order valence-corrected chi connectivity index (χ3v) is 11.6. The second-order valence-electron chi connectivity index (χ2n) is 16.1. The van der Waals surface area contributed by atoms with Gasteiger partial charge < -0.3 is 31.3 Å². The highest BCUT2D eigenvalue weighted by Gasteiger charge is 2.51. The second-order valence-corrected chi connectivity index (χ2v) is 16.1. The molecule has 12 heteroatoms. The van der Waals surface area contributed by atoms with E-state index in [0.29, 0.717) is 6.42 Å². The monoisotopic (exact) mass is 853 g/mol. The average molecular weight is 854 g/mol. The lowest BCUT2D eigenvalue weighted by atomic mass is 9.74. The van der Waals surface area contributed by atoms with E-state index in [-0.39, 0.29) is 30.3 Å². The van der Waals surface area contributed by atoms with Gasteiger partial charge in [-0.3, -0.25) is 28.8 Å². The maximum atomic E-state index is 15.0. The van der Waals surface area contributed by atoms with Gasteiger partial charge in [0, 0.05) is 27.8 Å². The Morgan fingerprint density at radius 3 is 1.41 bits per heavy atom. The summed E-state index contributed by atoms with van der Waals surface area (Å²) >= 11 is 0. The fourth-order valence-corrected chi connectivity index (χ4v) is 7.97. The van der Waals surface area contributed by atoms with Gasteiger partial charge in [0.25, 0.3) is 0 Å². The summed E-state index contributed by atoms with van der Waals surface area (Å²) in [4.78, 5) is 85.0. The van der Waals surface area contributed by atoms with E-state index in [9.17, 15) is 44.1 Å². The van der Waals surface area contributed by atoms with Gasteiger partial charge in [-0.1, -0.05) is 133 Å². The van der Waals surface area contributed by atoms with Crippen molar-refractivity contribution < 1.29 is 44.1 Å². The fourth-order valence-electron chi connectivity index (χ4n) is 7.97. The van der Waals surface area contributed by atoms with Gasteiger partial charge in [-0.2, -0.15) is 0 Å². The standard InChI is InChI=1S/C51H55N3O9/c1-49(61,38-26-16-15-24-36(38)45(57)41(53-4)29-34-20-11-7-12-21-34)47(59)37-25-17-27-39(44(37)46(58)42(54-5)30-35-22-13-8-14-23-35)50(2,62)48(60)51(63,32-55)31-43(56)40(52-3)28-33-18-9-6-10-19-33/h6-27,32,40-42,52-54,61-63H,28-31H2,1-5H3/t40-,41-,42-,49?,50?,51?/m0/s1. The highest BCUT2D eigenvalue weighted by Crippen LogP contribution is 2.37. The van der Waals surface area contributed by atoms with E-state index in [4.69, 9.17) is 0 Å². The van der Waals surface area contributed by atoms with Gasteiger partial charge in [-0.05, 0) is 70.9 Å². The van der Waals surface area contributed by atoms with Crippen LogP contribution < -0.4 is 16.0 Å². The Balaban J connectivity index is 1.61. The molecule has 0 spiro atoms. The van der Waals surface area contributed by atoms with E-state index in [1.54, 1.807) is 73.8 Å². The first-order valence-electron chi connectivity index (χ1n) is 20.7. The molecule has 0 radical (unpaired) electrons. The Kier molecular flexibility index (Phi) is 15.8.